The van der Waals surface area contributed by atoms with Gasteiger partial charge in [0.25, 0.3) is 5.69 Å². The molecule has 0 aliphatic carbocycles. The molecule has 2 rings (SSSR count). The molecule has 0 saturated carbocycles. The summed E-state index contributed by atoms with van der Waals surface area (Å²) in [6.07, 6.45) is 0. The van der Waals surface area contributed by atoms with Gasteiger partial charge in [-0.2, -0.15) is 0 Å². The molecule has 0 heterocycles. The van der Waals surface area contributed by atoms with E-state index in [1.807, 2.05) is 20.8 Å². The van der Waals surface area contributed by atoms with Crippen LogP contribution in [-0.2, 0) is 5.41 Å². The quantitative estimate of drug-likeness (QED) is 0.534. The molecule has 0 saturated heterocycles. The first kappa shape index (κ1) is 20.0. The van der Waals surface area contributed by atoms with E-state index in [9.17, 15) is 20.2 Å². The molecule has 0 aliphatic heterocycles. The SMILES string of the molecule is COc1cc(C(C)(C)C)c(OC)cc1Oc1cc([N+](=O)[O-])ccc1[N+](=O)[O-]. The molecule has 9 heteroatoms. The van der Waals surface area contributed by atoms with Gasteiger partial charge in [-0.1, -0.05) is 20.8 Å². The monoisotopic (exact) mass is 376 g/mol. The molecule has 27 heavy (non-hydrogen) atoms. The van der Waals surface area contributed by atoms with Crippen molar-refractivity contribution >= 4 is 11.4 Å². The minimum atomic E-state index is -0.674. The molecule has 0 spiro atoms. The first-order valence-electron chi connectivity index (χ1n) is 7.95. The zero-order chi connectivity index (χ0) is 20.4. The maximum atomic E-state index is 11.3. The number of benzene rings is 2. The zero-order valence-electron chi connectivity index (χ0n) is 15.6. The summed E-state index contributed by atoms with van der Waals surface area (Å²) in [5.41, 5.74) is -0.133. The van der Waals surface area contributed by atoms with E-state index in [-0.39, 0.29) is 22.6 Å². The highest BCUT2D eigenvalue weighted by atomic mass is 16.6. The summed E-state index contributed by atoms with van der Waals surface area (Å²) in [7, 11) is 2.93. The van der Waals surface area contributed by atoms with Crippen LogP contribution in [0.25, 0.3) is 0 Å². The average Bonchev–Trinajstić information content (AvgIpc) is 2.59. The summed E-state index contributed by atoms with van der Waals surface area (Å²) in [6.45, 7) is 5.99. The van der Waals surface area contributed by atoms with E-state index in [0.717, 1.165) is 23.8 Å². The smallest absolute Gasteiger partial charge is 0.312 e. The van der Waals surface area contributed by atoms with Crippen molar-refractivity contribution in [2.45, 2.75) is 26.2 Å². The lowest BCUT2D eigenvalue weighted by atomic mass is 9.86. The van der Waals surface area contributed by atoms with Gasteiger partial charge in [-0.15, -0.1) is 0 Å². The Morgan fingerprint density at radius 1 is 0.815 bits per heavy atom. The number of nitrogens with zero attached hydrogens (tertiary/aromatic N) is 2. The molecule has 0 aliphatic rings. The fourth-order valence-corrected chi connectivity index (χ4v) is 2.50. The third kappa shape index (κ3) is 4.25. The lowest BCUT2D eigenvalue weighted by molar-refractivity contribution is -0.389. The van der Waals surface area contributed by atoms with Crippen molar-refractivity contribution < 1.29 is 24.1 Å². The Kier molecular flexibility index (Phi) is 5.53. The topological polar surface area (TPSA) is 114 Å². The predicted octanol–water partition coefficient (Wildman–Crippen LogP) is 4.61. The van der Waals surface area contributed by atoms with E-state index < -0.39 is 15.5 Å². The maximum absolute atomic E-state index is 11.3. The Bertz CT molecular complexity index is 888. The van der Waals surface area contributed by atoms with Crippen LogP contribution >= 0.6 is 0 Å². The first-order valence-corrected chi connectivity index (χ1v) is 7.95. The number of methoxy groups -OCH3 is 2. The standard InChI is InChI=1S/C18H20N2O7/c1-18(2,3)12-9-16(26-5)17(10-14(12)25-4)27-15-8-11(19(21)22)6-7-13(15)20(23)24/h6-10H,1-5H3. The molecular weight excluding hydrogens is 356 g/mol. The van der Waals surface area contributed by atoms with E-state index in [4.69, 9.17) is 14.2 Å². The molecule has 0 aromatic heterocycles. The van der Waals surface area contributed by atoms with Crippen LogP contribution in [0.3, 0.4) is 0 Å². The van der Waals surface area contributed by atoms with Crippen molar-refractivity contribution in [1.82, 2.24) is 0 Å². The number of nitro benzene ring substituents is 2. The highest BCUT2D eigenvalue weighted by Gasteiger charge is 2.25. The van der Waals surface area contributed by atoms with Gasteiger partial charge in [0.05, 0.1) is 30.1 Å². The Balaban J connectivity index is 2.61. The van der Waals surface area contributed by atoms with Crippen molar-refractivity contribution in [2.24, 2.45) is 0 Å². The first-order chi connectivity index (χ1) is 12.6. The van der Waals surface area contributed by atoms with Crippen LogP contribution in [0.15, 0.2) is 30.3 Å². The van der Waals surface area contributed by atoms with Crippen molar-refractivity contribution in [3.05, 3.63) is 56.1 Å². The summed E-state index contributed by atoms with van der Waals surface area (Å²) in [4.78, 5) is 20.9. The summed E-state index contributed by atoms with van der Waals surface area (Å²) >= 11 is 0. The summed E-state index contributed by atoms with van der Waals surface area (Å²) in [5.74, 6) is 0.705. The lowest BCUT2D eigenvalue weighted by Crippen LogP contribution is -2.13. The van der Waals surface area contributed by atoms with Crippen LogP contribution in [0, 0.1) is 20.2 Å². The van der Waals surface area contributed by atoms with Gasteiger partial charge in [0.1, 0.15) is 5.75 Å². The van der Waals surface area contributed by atoms with Crippen LogP contribution in [0.5, 0.6) is 23.0 Å². The van der Waals surface area contributed by atoms with Gasteiger partial charge in [0.15, 0.2) is 11.5 Å². The van der Waals surface area contributed by atoms with Crippen LogP contribution in [0.2, 0.25) is 0 Å². The molecule has 0 radical (unpaired) electrons. The van der Waals surface area contributed by atoms with Gasteiger partial charge in [-0.3, -0.25) is 20.2 Å². The Hall–Kier alpha value is -3.36. The fraction of sp³-hybridized carbons (Fsp3) is 0.333. The second-order valence-corrected chi connectivity index (χ2v) is 6.72. The van der Waals surface area contributed by atoms with E-state index in [1.54, 1.807) is 12.1 Å². The van der Waals surface area contributed by atoms with Crippen molar-refractivity contribution in [3.63, 3.8) is 0 Å². The normalized spacial score (nSPS) is 11.0. The van der Waals surface area contributed by atoms with Crippen molar-refractivity contribution in [2.75, 3.05) is 14.2 Å². The van der Waals surface area contributed by atoms with Gasteiger partial charge in [0.2, 0.25) is 5.75 Å². The molecule has 0 N–H and O–H groups in total. The lowest BCUT2D eigenvalue weighted by Gasteiger charge is -2.24. The molecule has 144 valence electrons. The maximum Gasteiger partial charge on any atom is 0.312 e. The summed E-state index contributed by atoms with van der Waals surface area (Å²) in [5, 5.41) is 22.3. The van der Waals surface area contributed by atoms with Gasteiger partial charge in [-0.05, 0) is 11.5 Å². The number of ether oxygens (including phenoxy) is 3. The largest absolute Gasteiger partial charge is 0.496 e. The number of nitro groups is 2. The Morgan fingerprint density at radius 3 is 1.93 bits per heavy atom. The summed E-state index contributed by atoms with van der Waals surface area (Å²) in [6, 6.07) is 6.34. The van der Waals surface area contributed by atoms with Crippen LogP contribution < -0.4 is 14.2 Å². The van der Waals surface area contributed by atoms with Gasteiger partial charge in [-0.25, -0.2) is 0 Å². The van der Waals surface area contributed by atoms with E-state index in [1.165, 1.54) is 14.2 Å². The minimum Gasteiger partial charge on any atom is -0.496 e. The Labute approximate surface area is 155 Å². The third-order valence-corrected chi connectivity index (χ3v) is 3.86. The number of non-ortho nitro benzene ring substituents is 1. The molecule has 0 unspecified atom stereocenters. The van der Waals surface area contributed by atoms with Gasteiger partial charge >= 0.3 is 5.69 Å². The van der Waals surface area contributed by atoms with E-state index >= 15 is 0 Å². The fourth-order valence-electron chi connectivity index (χ4n) is 2.50. The number of rotatable bonds is 6. The van der Waals surface area contributed by atoms with Crippen LogP contribution in [0.1, 0.15) is 26.3 Å². The molecule has 0 fully saturated rings. The molecular formula is C18H20N2O7. The number of hydrogen-bond donors (Lipinski definition) is 0. The molecule has 9 nitrogen and oxygen atoms in total. The second kappa shape index (κ2) is 7.48. The summed E-state index contributed by atoms with van der Waals surface area (Å²) < 4.78 is 16.4. The van der Waals surface area contributed by atoms with E-state index in [0.29, 0.717) is 11.5 Å². The highest BCUT2D eigenvalue weighted by Crippen LogP contribution is 2.44. The van der Waals surface area contributed by atoms with Crippen molar-refractivity contribution in [3.8, 4) is 23.0 Å². The van der Waals surface area contributed by atoms with Crippen LogP contribution in [0.4, 0.5) is 11.4 Å². The van der Waals surface area contributed by atoms with E-state index in [2.05, 4.69) is 0 Å². The molecule has 2 aromatic rings. The predicted molar refractivity (Wildman–Crippen MR) is 98.1 cm³/mol. The molecule has 0 atom stereocenters. The second-order valence-electron chi connectivity index (χ2n) is 6.72. The van der Waals surface area contributed by atoms with Gasteiger partial charge < -0.3 is 14.2 Å². The molecule has 0 amide bonds. The minimum absolute atomic E-state index is 0.144. The average molecular weight is 376 g/mol. The zero-order valence-corrected chi connectivity index (χ0v) is 15.6. The van der Waals surface area contributed by atoms with Crippen molar-refractivity contribution in [1.29, 1.82) is 0 Å². The Morgan fingerprint density at radius 2 is 1.44 bits per heavy atom. The van der Waals surface area contributed by atoms with Crippen LogP contribution in [-0.4, -0.2) is 24.1 Å². The third-order valence-electron chi connectivity index (χ3n) is 3.86. The van der Waals surface area contributed by atoms with Gasteiger partial charge in [0, 0.05) is 23.8 Å². The molecule has 0 bridgehead atoms. The molecule has 2 aromatic carbocycles. The number of hydrogen-bond acceptors (Lipinski definition) is 7. The highest BCUT2D eigenvalue weighted by molar-refractivity contribution is 5.58.